The molecule has 2 amide bonds. The minimum atomic E-state index is -0.496. The summed E-state index contributed by atoms with van der Waals surface area (Å²) in [6, 6.07) is 2.26. The van der Waals surface area contributed by atoms with Gasteiger partial charge in [0.25, 0.3) is 5.91 Å². The van der Waals surface area contributed by atoms with Gasteiger partial charge in [-0.25, -0.2) is 0 Å². The maximum Gasteiger partial charge on any atom is 0.261 e. The molecule has 122 valence electrons. The van der Waals surface area contributed by atoms with Crippen LogP contribution in [0.25, 0.3) is 0 Å². The maximum absolute atomic E-state index is 12.0. The summed E-state index contributed by atoms with van der Waals surface area (Å²) in [6.07, 6.45) is 7.59. The van der Waals surface area contributed by atoms with E-state index in [1.807, 2.05) is 0 Å². The second kappa shape index (κ2) is 8.29. The van der Waals surface area contributed by atoms with Crippen molar-refractivity contribution in [2.24, 2.45) is 5.73 Å². The summed E-state index contributed by atoms with van der Waals surface area (Å²) in [4.78, 5) is 25.9. The molecular formula is C16H25N3O2S. The number of carbonyl (C=O) groups excluding carboxylic acids is 2. The summed E-state index contributed by atoms with van der Waals surface area (Å²) in [5.74, 6) is -0.623. The van der Waals surface area contributed by atoms with Gasteiger partial charge in [0.15, 0.2) is 0 Å². The first-order chi connectivity index (χ1) is 10.6. The Kier molecular flexibility index (Phi) is 6.39. The first-order valence-electron chi connectivity index (χ1n) is 7.94. The molecule has 0 atom stereocenters. The van der Waals surface area contributed by atoms with Crippen LogP contribution in [-0.2, 0) is 0 Å². The van der Waals surface area contributed by atoms with Crippen molar-refractivity contribution in [1.29, 1.82) is 0 Å². The van der Waals surface area contributed by atoms with E-state index in [0.29, 0.717) is 23.0 Å². The van der Waals surface area contributed by atoms with Crippen molar-refractivity contribution in [2.75, 3.05) is 20.1 Å². The summed E-state index contributed by atoms with van der Waals surface area (Å²) in [6.45, 7) is 1.65. The summed E-state index contributed by atoms with van der Waals surface area (Å²) in [5, 5.41) is 4.52. The van der Waals surface area contributed by atoms with Crippen LogP contribution in [0, 0.1) is 0 Å². The lowest BCUT2D eigenvalue weighted by molar-refractivity contribution is 0.0954. The van der Waals surface area contributed by atoms with Crippen LogP contribution in [0.15, 0.2) is 11.4 Å². The number of thiophene rings is 1. The quantitative estimate of drug-likeness (QED) is 0.756. The summed E-state index contributed by atoms with van der Waals surface area (Å²) >= 11 is 1.25. The fourth-order valence-corrected chi connectivity index (χ4v) is 3.72. The molecule has 3 N–H and O–H groups in total. The average Bonchev–Trinajstić information content (AvgIpc) is 3.02. The van der Waals surface area contributed by atoms with Crippen LogP contribution in [0.5, 0.6) is 0 Å². The number of nitrogens with two attached hydrogens (primary N) is 1. The molecule has 1 fully saturated rings. The van der Waals surface area contributed by atoms with Crippen LogP contribution in [0.3, 0.4) is 0 Å². The first kappa shape index (κ1) is 17.0. The van der Waals surface area contributed by atoms with E-state index in [0.717, 1.165) is 13.0 Å². The number of carbonyl (C=O) groups is 2. The van der Waals surface area contributed by atoms with Gasteiger partial charge in [0.2, 0.25) is 5.91 Å². The van der Waals surface area contributed by atoms with Crippen LogP contribution >= 0.6 is 11.3 Å². The van der Waals surface area contributed by atoms with Gasteiger partial charge < -0.3 is 16.0 Å². The SMILES string of the molecule is CN(CCCNC(=O)c1cc(C(N)=O)cs1)C1CCCCC1. The highest BCUT2D eigenvalue weighted by atomic mass is 32.1. The Morgan fingerprint density at radius 3 is 2.73 bits per heavy atom. The number of hydrogen-bond donors (Lipinski definition) is 2. The second-order valence-electron chi connectivity index (χ2n) is 5.95. The average molecular weight is 323 g/mol. The van der Waals surface area contributed by atoms with Gasteiger partial charge in [0.1, 0.15) is 0 Å². The second-order valence-corrected chi connectivity index (χ2v) is 6.86. The molecule has 1 heterocycles. The standard InChI is InChI=1S/C16H25N3O2S/c1-19(13-6-3-2-4-7-13)9-5-8-18-16(21)14-10-12(11-22-14)15(17)20/h10-11,13H,2-9H2,1H3,(H2,17,20)(H,18,21). The highest BCUT2D eigenvalue weighted by molar-refractivity contribution is 7.12. The Morgan fingerprint density at radius 2 is 2.09 bits per heavy atom. The molecule has 6 heteroatoms. The zero-order valence-corrected chi connectivity index (χ0v) is 14.0. The molecule has 0 unspecified atom stereocenters. The predicted octanol–water partition coefficient (Wildman–Crippen LogP) is 2.23. The van der Waals surface area contributed by atoms with Gasteiger partial charge in [0.05, 0.1) is 10.4 Å². The Hall–Kier alpha value is -1.40. The number of primary amides is 1. The molecule has 5 nitrogen and oxygen atoms in total. The smallest absolute Gasteiger partial charge is 0.261 e. The van der Waals surface area contributed by atoms with Crippen LogP contribution in [0.2, 0.25) is 0 Å². The van der Waals surface area contributed by atoms with Crippen molar-refractivity contribution in [3.05, 3.63) is 21.9 Å². The van der Waals surface area contributed by atoms with Crippen molar-refractivity contribution in [3.8, 4) is 0 Å². The number of hydrogen-bond acceptors (Lipinski definition) is 4. The van der Waals surface area contributed by atoms with E-state index >= 15 is 0 Å². The van der Waals surface area contributed by atoms with Crippen molar-refractivity contribution >= 4 is 23.2 Å². The molecule has 22 heavy (non-hydrogen) atoms. The van der Waals surface area contributed by atoms with Crippen molar-refractivity contribution in [3.63, 3.8) is 0 Å². The number of amides is 2. The molecule has 1 saturated carbocycles. The van der Waals surface area contributed by atoms with E-state index in [1.54, 1.807) is 11.4 Å². The third-order valence-corrected chi connectivity index (χ3v) is 5.21. The van der Waals surface area contributed by atoms with Gasteiger partial charge >= 0.3 is 0 Å². The van der Waals surface area contributed by atoms with Crippen LogP contribution in [-0.4, -0.2) is 42.9 Å². The maximum atomic E-state index is 12.0. The van der Waals surface area contributed by atoms with Gasteiger partial charge in [-0.15, -0.1) is 11.3 Å². The molecule has 1 aromatic heterocycles. The predicted molar refractivity (Wildman–Crippen MR) is 89.3 cm³/mol. The molecule has 1 aromatic rings. The summed E-state index contributed by atoms with van der Waals surface area (Å²) < 4.78 is 0. The molecule has 0 aromatic carbocycles. The fraction of sp³-hybridized carbons (Fsp3) is 0.625. The Balaban J connectivity index is 1.67. The highest BCUT2D eigenvalue weighted by Crippen LogP contribution is 2.21. The van der Waals surface area contributed by atoms with Crippen LogP contribution in [0.4, 0.5) is 0 Å². The fourth-order valence-electron chi connectivity index (χ4n) is 2.91. The molecule has 2 rings (SSSR count). The van der Waals surface area contributed by atoms with Crippen molar-refractivity contribution in [2.45, 2.75) is 44.6 Å². The normalized spacial score (nSPS) is 15.9. The van der Waals surface area contributed by atoms with Gasteiger partial charge in [-0.2, -0.15) is 0 Å². The number of nitrogens with one attached hydrogen (secondary N) is 1. The molecule has 0 aliphatic heterocycles. The Bertz CT molecular complexity index is 509. The van der Waals surface area contributed by atoms with Crippen molar-refractivity contribution in [1.82, 2.24) is 10.2 Å². The third kappa shape index (κ3) is 4.81. The van der Waals surface area contributed by atoms with E-state index in [-0.39, 0.29) is 5.91 Å². The van der Waals surface area contributed by atoms with E-state index in [1.165, 1.54) is 43.4 Å². The minimum absolute atomic E-state index is 0.127. The first-order valence-corrected chi connectivity index (χ1v) is 8.82. The zero-order valence-electron chi connectivity index (χ0n) is 13.1. The molecule has 0 radical (unpaired) electrons. The van der Waals surface area contributed by atoms with E-state index in [4.69, 9.17) is 5.73 Å². The lowest BCUT2D eigenvalue weighted by atomic mass is 9.94. The third-order valence-electron chi connectivity index (χ3n) is 4.28. The van der Waals surface area contributed by atoms with Gasteiger partial charge in [0, 0.05) is 18.0 Å². The lowest BCUT2D eigenvalue weighted by Crippen LogP contribution is -2.35. The Morgan fingerprint density at radius 1 is 1.36 bits per heavy atom. The van der Waals surface area contributed by atoms with E-state index in [2.05, 4.69) is 17.3 Å². The van der Waals surface area contributed by atoms with Crippen LogP contribution in [0.1, 0.15) is 58.6 Å². The van der Waals surface area contributed by atoms with E-state index < -0.39 is 5.91 Å². The topological polar surface area (TPSA) is 75.4 Å². The zero-order chi connectivity index (χ0) is 15.9. The highest BCUT2D eigenvalue weighted by Gasteiger charge is 2.17. The molecule has 0 spiro atoms. The lowest BCUT2D eigenvalue weighted by Gasteiger charge is -2.31. The molecule has 0 saturated heterocycles. The summed E-state index contributed by atoms with van der Waals surface area (Å²) in [7, 11) is 2.18. The minimum Gasteiger partial charge on any atom is -0.366 e. The molecule has 1 aliphatic rings. The number of nitrogens with zero attached hydrogens (tertiary/aromatic N) is 1. The van der Waals surface area contributed by atoms with Gasteiger partial charge in [-0.3, -0.25) is 9.59 Å². The summed E-state index contributed by atoms with van der Waals surface area (Å²) in [5.41, 5.74) is 5.58. The molecular weight excluding hydrogens is 298 g/mol. The monoisotopic (exact) mass is 323 g/mol. The van der Waals surface area contributed by atoms with E-state index in [9.17, 15) is 9.59 Å². The largest absolute Gasteiger partial charge is 0.366 e. The van der Waals surface area contributed by atoms with Gasteiger partial charge in [-0.05, 0) is 38.9 Å². The molecule has 1 aliphatic carbocycles. The number of rotatable bonds is 7. The van der Waals surface area contributed by atoms with Crippen LogP contribution < -0.4 is 11.1 Å². The van der Waals surface area contributed by atoms with Gasteiger partial charge in [-0.1, -0.05) is 19.3 Å². The Labute approximate surface area is 135 Å². The molecule has 0 bridgehead atoms. The van der Waals surface area contributed by atoms with Crippen molar-refractivity contribution < 1.29 is 9.59 Å².